The quantitative estimate of drug-likeness (QED) is 0.844. The maximum atomic E-state index is 12.2. The van der Waals surface area contributed by atoms with Crippen LogP contribution in [0.1, 0.15) is 44.0 Å². The molecule has 156 valence electrons. The number of carbonyl (C=O) groups excluding carboxylic acids is 2. The molecule has 0 unspecified atom stereocenters. The number of carbonyl (C=O) groups is 2. The summed E-state index contributed by atoms with van der Waals surface area (Å²) < 4.78 is 10.9. The van der Waals surface area contributed by atoms with Crippen molar-refractivity contribution in [1.29, 1.82) is 0 Å². The molecule has 1 saturated heterocycles. The van der Waals surface area contributed by atoms with Crippen molar-refractivity contribution in [1.82, 2.24) is 9.88 Å². The molecule has 0 aromatic carbocycles. The standard InChI is InChI=1S/C21H28N4O4/c1-5-16-7-8-17(28-16)19(26)23-18-9-6-15(14-22-18)24-10-12-25(13-11-24)20(27)29-21(2,3)4/h6-9,14H,5,10-13H2,1-4H3,(H,22,23,26). The smallest absolute Gasteiger partial charge is 0.410 e. The third kappa shape index (κ3) is 5.49. The molecule has 3 heterocycles. The molecule has 8 heteroatoms. The maximum absolute atomic E-state index is 12.2. The lowest BCUT2D eigenvalue weighted by Crippen LogP contribution is -2.50. The Morgan fingerprint density at radius 1 is 1.14 bits per heavy atom. The van der Waals surface area contributed by atoms with Crippen LogP contribution in [0, 0.1) is 0 Å². The Balaban J connectivity index is 1.53. The highest BCUT2D eigenvalue weighted by Crippen LogP contribution is 2.19. The van der Waals surface area contributed by atoms with Gasteiger partial charge in [-0.1, -0.05) is 6.92 Å². The van der Waals surface area contributed by atoms with Crippen LogP contribution in [0.15, 0.2) is 34.9 Å². The Hall–Kier alpha value is -3.03. The molecule has 0 aliphatic carbocycles. The number of amides is 2. The highest BCUT2D eigenvalue weighted by molar-refractivity contribution is 6.01. The molecule has 0 spiro atoms. The summed E-state index contributed by atoms with van der Waals surface area (Å²) in [6.45, 7) is 10.1. The molecule has 0 saturated carbocycles. The number of hydrogen-bond acceptors (Lipinski definition) is 6. The van der Waals surface area contributed by atoms with Crippen LogP contribution in [0.25, 0.3) is 0 Å². The minimum absolute atomic E-state index is 0.269. The number of nitrogens with zero attached hydrogens (tertiary/aromatic N) is 3. The molecule has 29 heavy (non-hydrogen) atoms. The van der Waals surface area contributed by atoms with Gasteiger partial charge in [0, 0.05) is 32.6 Å². The fourth-order valence-corrected chi connectivity index (χ4v) is 2.99. The molecule has 1 fully saturated rings. The monoisotopic (exact) mass is 400 g/mol. The van der Waals surface area contributed by atoms with Crippen LogP contribution in [0.2, 0.25) is 0 Å². The number of rotatable bonds is 4. The summed E-state index contributed by atoms with van der Waals surface area (Å²) in [5.74, 6) is 1.17. The van der Waals surface area contributed by atoms with Gasteiger partial charge in [-0.15, -0.1) is 0 Å². The Morgan fingerprint density at radius 3 is 2.41 bits per heavy atom. The molecule has 1 aliphatic heterocycles. The van der Waals surface area contributed by atoms with Crippen molar-refractivity contribution in [3.05, 3.63) is 42.0 Å². The highest BCUT2D eigenvalue weighted by Gasteiger charge is 2.26. The lowest BCUT2D eigenvalue weighted by Gasteiger charge is -2.36. The molecular formula is C21H28N4O4. The van der Waals surface area contributed by atoms with E-state index in [1.54, 1.807) is 29.3 Å². The number of nitrogens with one attached hydrogen (secondary N) is 1. The number of anilines is 2. The fraction of sp³-hybridized carbons (Fsp3) is 0.476. The highest BCUT2D eigenvalue weighted by atomic mass is 16.6. The summed E-state index contributed by atoms with van der Waals surface area (Å²) in [5, 5.41) is 2.74. The molecule has 1 N–H and O–H groups in total. The summed E-state index contributed by atoms with van der Waals surface area (Å²) in [6, 6.07) is 7.12. The Labute approximate surface area is 170 Å². The van der Waals surface area contributed by atoms with E-state index in [0.717, 1.165) is 17.9 Å². The van der Waals surface area contributed by atoms with Crippen molar-refractivity contribution >= 4 is 23.5 Å². The molecular weight excluding hydrogens is 372 g/mol. The van der Waals surface area contributed by atoms with Gasteiger partial charge in [-0.05, 0) is 45.0 Å². The molecule has 8 nitrogen and oxygen atoms in total. The molecule has 3 rings (SSSR count). The van der Waals surface area contributed by atoms with Crippen molar-refractivity contribution in [2.24, 2.45) is 0 Å². The number of aryl methyl sites for hydroxylation is 1. The molecule has 2 aromatic heterocycles. The van der Waals surface area contributed by atoms with E-state index in [1.165, 1.54) is 0 Å². The second kappa shape index (κ2) is 8.55. The predicted molar refractivity (Wildman–Crippen MR) is 110 cm³/mol. The first-order chi connectivity index (χ1) is 13.7. The van der Waals surface area contributed by atoms with Crippen LogP contribution in [-0.4, -0.2) is 53.7 Å². The third-order valence-corrected chi connectivity index (χ3v) is 4.52. The summed E-state index contributed by atoms with van der Waals surface area (Å²) in [7, 11) is 0. The average Bonchev–Trinajstić information content (AvgIpc) is 3.17. The zero-order chi connectivity index (χ0) is 21.0. The van der Waals surface area contributed by atoms with Gasteiger partial charge in [-0.2, -0.15) is 0 Å². The lowest BCUT2D eigenvalue weighted by molar-refractivity contribution is 0.0240. The number of piperazine rings is 1. The molecule has 0 radical (unpaired) electrons. The topological polar surface area (TPSA) is 87.9 Å². The Morgan fingerprint density at radius 2 is 1.86 bits per heavy atom. The van der Waals surface area contributed by atoms with E-state index in [0.29, 0.717) is 32.0 Å². The van der Waals surface area contributed by atoms with E-state index < -0.39 is 5.60 Å². The lowest BCUT2D eigenvalue weighted by atomic mass is 10.2. The second-order valence-corrected chi connectivity index (χ2v) is 7.93. The SMILES string of the molecule is CCc1ccc(C(=O)Nc2ccc(N3CCN(C(=O)OC(C)(C)C)CC3)cn2)o1. The van der Waals surface area contributed by atoms with E-state index in [1.807, 2.05) is 33.8 Å². The van der Waals surface area contributed by atoms with Gasteiger partial charge in [-0.3, -0.25) is 4.79 Å². The average molecular weight is 400 g/mol. The van der Waals surface area contributed by atoms with Crippen molar-refractivity contribution < 1.29 is 18.7 Å². The van der Waals surface area contributed by atoms with Gasteiger partial charge < -0.3 is 24.3 Å². The van der Waals surface area contributed by atoms with Crippen LogP contribution >= 0.6 is 0 Å². The molecule has 0 atom stereocenters. The first-order valence-corrected chi connectivity index (χ1v) is 9.84. The number of pyridine rings is 1. The van der Waals surface area contributed by atoms with Crippen LogP contribution < -0.4 is 10.2 Å². The number of furan rings is 1. The van der Waals surface area contributed by atoms with Crippen LogP contribution in [0.5, 0.6) is 0 Å². The van der Waals surface area contributed by atoms with Gasteiger partial charge >= 0.3 is 6.09 Å². The minimum atomic E-state index is -0.494. The van der Waals surface area contributed by atoms with E-state index >= 15 is 0 Å². The fourth-order valence-electron chi connectivity index (χ4n) is 2.99. The largest absolute Gasteiger partial charge is 0.456 e. The summed E-state index contributed by atoms with van der Waals surface area (Å²) >= 11 is 0. The third-order valence-electron chi connectivity index (χ3n) is 4.52. The van der Waals surface area contributed by atoms with Crippen LogP contribution in [-0.2, 0) is 11.2 Å². The molecule has 2 amide bonds. The van der Waals surface area contributed by atoms with E-state index in [4.69, 9.17) is 9.15 Å². The van der Waals surface area contributed by atoms with Gasteiger partial charge in [0.1, 0.15) is 17.2 Å². The summed E-state index contributed by atoms with van der Waals surface area (Å²) in [5.41, 5.74) is 0.449. The molecule has 2 aromatic rings. The van der Waals surface area contributed by atoms with Gasteiger partial charge in [0.15, 0.2) is 5.76 Å². The Bertz CT molecular complexity index is 846. The normalized spacial score (nSPS) is 14.6. The van der Waals surface area contributed by atoms with Gasteiger partial charge in [0.25, 0.3) is 5.91 Å². The van der Waals surface area contributed by atoms with E-state index in [9.17, 15) is 9.59 Å². The number of ether oxygens (including phenoxy) is 1. The molecule has 1 aliphatic rings. The zero-order valence-electron chi connectivity index (χ0n) is 17.4. The van der Waals surface area contributed by atoms with Crippen molar-refractivity contribution in [3.8, 4) is 0 Å². The Kier molecular flexibility index (Phi) is 6.10. The van der Waals surface area contributed by atoms with E-state index in [2.05, 4.69) is 15.2 Å². The van der Waals surface area contributed by atoms with Gasteiger partial charge in [-0.25, -0.2) is 9.78 Å². The molecule has 0 bridgehead atoms. The number of aromatic nitrogens is 1. The zero-order valence-corrected chi connectivity index (χ0v) is 17.4. The first-order valence-electron chi connectivity index (χ1n) is 9.84. The van der Waals surface area contributed by atoms with Crippen molar-refractivity contribution in [3.63, 3.8) is 0 Å². The second-order valence-electron chi connectivity index (χ2n) is 7.93. The maximum Gasteiger partial charge on any atom is 0.410 e. The first kappa shape index (κ1) is 20.7. The number of hydrogen-bond donors (Lipinski definition) is 1. The minimum Gasteiger partial charge on any atom is -0.456 e. The van der Waals surface area contributed by atoms with Crippen molar-refractivity contribution in [2.75, 3.05) is 36.4 Å². The predicted octanol–water partition coefficient (Wildman–Crippen LogP) is 3.55. The van der Waals surface area contributed by atoms with Crippen molar-refractivity contribution in [2.45, 2.75) is 39.7 Å². The van der Waals surface area contributed by atoms with Crippen LogP contribution in [0.3, 0.4) is 0 Å². The van der Waals surface area contributed by atoms with E-state index in [-0.39, 0.29) is 17.8 Å². The van der Waals surface area contributed by atoms with Gasteiger partial charge in [0.05, 0.1) is 11.9 Å². The van der Waals surface area contributed by atoms with Gasteiger partial charge in [0.2, 0.25) is 0 Å². The summed E-state index contributed by atoms with van der Waals surface area (Å²) in [6.07, 6.45) is 2.18. The summed E-state index contributed by atoms with van der Waals surface area (Å²) in [4.78, 5) is 32.6. The van der Waals surface area contributed by atoms with Crippen LogP contribution in [0.4, 0.5) is 16.3 Å².